The van der Waals surface area contributed by atoms with Crippen LogP contribution in [0.3, 0.4) is 0 Å². The molecular weight excluding hydrogens is 731 g/mol. The van der Waals surface area contributed by atoms with Crippen molar-refractivity contribution in [2.75, 3.05) is 0 Å². The lowest BCUT2D eigenvalue weighted by atomic mass is 9.86. The summed E-state index contributed by atoms with van der Waals surface area (Å²) in [5.74, 6) is 0.507. The van der Waals surface area contributed by atoms with Gasteiger partial charge in [0.05, 0.1) is 50.9 Å². The number of hydrogen-bond donors (Lipinski definition) is 0. The minimum absolute atomic E-state index is 0.00981. The van der Waals surface area contributed by atoms with Crippen molar-refractivity contribution in [2.45, 2.75) is 65.2 Å². The van der Waals surface area contributed by atoms with E-state index in [-0.39, 0.29) is 10.8 Å². The molecule has 60 heavy (non-hydrogen) atoms. The highest BCUT2D eigenvalue weighted by Crippen LogP contribution is 2.43. The van der Waals surface area contributed by atoms with Gasteiger partial charge in [0.2, 0.25) is 0 Å². The van der Waals surface area contributed by atoms with Crippen LogP contribution in [0.25, 0.3) is 84.1 Å². The summed E-state index contributed by atoms with van der Waals surface area (Å²) >= 11 is 0. The first-order chi connectivity index (χ1) is 29.0. The fraction of sp³-hybridized carbons (Fsp3) is 0.182. The topological polar surface area (TPSA) is 59.4 Å². The summed E-state index contributed by atoms with van der Waals surface area (Å²) in [6.45, 7) is 13.6. The van der Waals surface area contributed by atoms with Crippen LogP contribution in [0, 0.1) is 11.3 Å². The van der Waals surface area contributed by atoms with Crippen molar-refractivity contribution in [3.8, 4) is 51.3 Å². The van der Waals surface area contributed by atoms with Crippen LogP contribution in [-0.4, -0.2) is 19.1 Å². The molecule has 0 saturated carbocycles. The van der Waals surface area contributed by atoms with Gasteiger partial charge in [0.15, 0.2) is 5.82 Å². The number of aromatic nitrogens is 4. The van der Waals surface area contributed by atoms with E-state index in [4.69, 9.17) is 9.97 Å². The number of nitriles is 1. The Bertz CT molecular complexity index is 3160. The molecule has 0 N–H and O–H groups in total. The van der Waals surface area contributed by atoms with Crippen molar-refractivity contribution >= 4 is 38.8 Å². The van der Waals surface area contributed by atoms with E-state index >= 15 is 0 Å². The second kappa shape index (κ2) is 14.1. The molecule has 5 nitrogen and oxygen atoms in total. The van der Waals surface area contributed by atoms with E-state index in [0.717, 1.165) is 63.3 Å². The molecule has 1 aliphatic carbocycles. The molecule has 0 fully saturated rings. The first-order valence-corrected chi connectivity index (χ1v) is 21.0. The van der Waals surface area contributed by atoms with E-state index in [2.05, 4.69) is 166 Å². The maximum atomic E-state index is 11.2. The summed E-state index contributed by atoms with van der Waals surface area (Å²) in [6.07, 6.45) is 6.42. The zero-order chi connectivity index (χ0) is 41.3. The minimum Gasteiger partial charge on any atom is -0.311 e. The van der Waals surface area contributed by atoms with E-state index in [1.165, 1.54) is 38.5 Å². The number of allylic oxidation sites excluding steroid dienone is 1. The van der Waals surface area contributed by atoms with Gasteiger partial charge in [-0.05, 0) is 83.3 Å². The quantitative estimate of drug-likeness (QED) is 0.175. The minimum atomic E-state index is -0.0235. The number of para-hydroxylation sites is 1. The molecule has 3 heterocycles. The summed E-state index contributed by atoms with van der Waals surface area (Å²) in [6, 6.07) is 51.9. The molecule has 0 bridgehead atoms. The maximum Gasteiger partial charge on any atom is 0.161 e. The Morgan fingerprint density at radius 3 is 1.72 bits per heavy atom. The fourth-order valence-corrected chi connectivity index (χ4v) is 8.96. The average molecular weight is 778 g/mol. The van der Waals surface area contributed by atoms with Gasteiger partial charge >= 0.3 is 0 Å². The third-order valence-electron chi connectivity index (χ3n) is 12.2. The van der Waals surface area contributed by atoms with E-state index in [0.29, 0.717) is 17.0 Å². The molecule has 5 heteroatoms. The largest absolute Gasteiger partial charge is 0.311 e. The number of hydrogen-bond acceptors (Lipinski definition) is 3. The van der Waals surface area contributed by atoms with Gasteiger partial charge in [-0.25, -0.2) is 9.97 Å². The first-order valence-electron chi connectivity index (χ1n) is 21.0. The van der Waals surface area contributed by atoms with Gasteiger partial charge in [0.1, 0.15) is 0 Å². The molecule has 0 atom stereocenters. The lowest BCUT2D eigenvalue weighted by molar-refractivity contribution is 0.591. The molecular formula is C55H47N5. The van der Waals surface area contributed by atoms with Crippen LogP contribution in [0.1, 0.15) is 75.9 Å². The Morgan fingerprint density at radius 1 is 0.550 bits per heavy atom. The second-order valence-electron chi connectivity index (χ2n) is 18.1. The van der Waals surface area contributed by atoms with Crippen molar-refractivity contribution in [1.82, 2.24) is 19.1 Å². The van der Waals surface area contributed by atoms with Crippen LogP contribution in [-0.2, 0) is 17.3 Å². The first kappa shape index (κ1) is 37.3. The number of fused-ring (bicyclic) bond motifs is 6. The normalized spacial score (nSPS) is 12.9. The fourth-order valence-electron chi connectivity index (χ4n) is 8.96. The summed E-state index contributed by atoms with van der Waals surface area (Å²) < 4.78 is 4.83. The molecule has 9 aromatic rings. The van der Waals surface area contributed by atoms with Crippen LogP contribution >= 0.6 is 0 Å². The van der Waals surface area contributed by atoms with Gasteiger partial charge in [-0.2, -0.15) is 5.26 Å². The van der Waals surface area contributed by atoms with Gasteiger partial charge in [-0.3, -0.25) is 0 Å². The van der Waals surface area contributed by atoms with Crippen LogP contribution in [0.2, 0.25) is 0 Å². The molecule has 10 rings (SSSR count). The molecule has 1 aliphatic rings. The number of nitrogens with zero attached hydrogens (tertiary/aromatic N) is 5. The Kier molecular flexibility index (Phi) is 8.73. The third kappa shape index (κ3) is 6.23. The Morgan fingerprint density at radius 2 is 1.10 bits per heavy atom. The molecule has 0 radical (unpaired) electrons. The van der Waals surface area contributed by atoms with Crippen LogP contribution in [0.4, 0.5) is 0 Å². The lowest BCUT2D eigenvalue weighted by Gasteiger charge is -2.22. The monoisotopic (exact) mass is 777 g/mol. The van der Waals surface area contributed by atoms with Gasteiger partial charge < -0.3 is 9.13 Å². The van der Waals surface area contributed by atoms with E-state index < -0.39 is 0 Å². The Labute approximate surface area is 351 Å². The SMILES string of the molecule is CC(C)(C)c1ccc2c(c1)c1c(n2-c2cc(C#N)c(-c3nc(-c4ccccc4)cc(-c4ccccc4)n3)cc2-n2c3ccccc3c3cc(C(C)(C)C)ccc32)CCC=C1. The molecule has 6 aromatic carbocycles. The average Bonchev–Trinajstić information content (AvgIpc) is 3.78. The molecule has 0 aliphatic heterocycles. The highest BCUT2D eigenvalue weighted by atomic mass is 15.1. The predicted octanol–water partition coefficient (Wildman–Crippen LogP) is 13.9. The maximum absolute atomic E-state index is 11.2. The summed E-state index contributed by atoms with van der Waals surface area (Å²) in [5, 5.41) is 14.8. The second-order valence-corrected chi connectivity index (χ2v) is 18.1. The van der Waals surface area contributed by atoms with E-state index in [1.54, 1.807) is 0 Å². The van der Waals surface area contributed by atoms with Crippen LogP contribution < -0.4 is 0 Å². The Balaban J connectivity index is 1.34. The smallest absolute Gasteiger partial charge is 0.161 e. The predicted molar refractivity (Wildman–Crippen MR) is 249 cm³/mol. The van der Waals surface area contributed by atoms with E-state index in [9.17, 15) is 5.26 Å². The van der Waals surface area contributed by atoms with Crippen molar-refractivity contribution in [3.05, 3.63) is 174 Å². The standard InChI is InChI=1S/C55H47N5/c1-54(2,3)38-25-27-49-43(30-38)40-21-13-15-23-47(40)59(49)51-29-37(34-56)42(53-57-45(35-17-9-7-10-18-35)33-46(58-53)36-19-11-8-12-20-36)32-52(51)60-48-24-16-14-22-41(48)44-31-39(55(4,5)6)26-28-50(44)60/h7-14,16-22,24-33H,15,23H2,1-6H3. The molecule has 0 amide bonds. The summed E-state index contributed by atoms with van der Waals surface area (Å²) in [7, 11) is 0. The van der Waals surface area contributed by atoms with Gasteiger partial charge in [-0.1, -0.05) is 145 Å². The van der Waals surface area contributed by atoms with Gasteiger partial charge in [-0.15, -0.1) is 0 Å². The molecule has 0 unspecified atom stereocenters. The van der Waals surface area contributed by atoms with Gasteiger partial charge in [0, 0.05) is 44.1 Å². The Hall–Kier alpha value is -7.03. The van der Waals surface area contributed by atoms with E-state index in [1.807, 2.05) is 42.5 Å². The molecule has 0 spiro atoms. The zero-order valence-corrected chi connectivity index (χ0v) is 35.1. The van der Waals surface area contributed by atoms with Crippen molar-refractivity contribution < 1.29 is 0 Å². The van der Waals surface area contributed by atoms with Gasteiger partial charge in [0.25, 0.3) is 0 Å². The number of benzene rings is 6. The summed E-state index contributed by atoms with van der Waals surface area (Å²) in [4.78, 5) is 10.5. The molecule has 292 valence electrons. The highest BCUT2D eigenvalue weighted by Gasteiger charge is 2.27. The molecule has 3 aromatic heterocycles. The summed E-state index contributed by atoms with van der Waals surface area (Å²) in [5.41, 5.74) is 15.0. The van der Waals surface area contributed by atoms with Crippen molar-refractivity contribution in [3.63, 3.8) is 0 Å². The lowest BCUT2D eigenvalue weighted by Crippen LogP contribution is -2.11. The molecule has 0 saturated heterocycles. The zero-order valence-electron chi connectivity index (χ0n) is 35.1. The third-order valence-corrected chi connectivity index (χ3v) is 12.2. The van der Waals surface area contributed by atoms with Crippen molar-refractivity contribution in [1.29, 1.82) is 5.26 Å². The van der Waals surface area contributed by atoms with Crippen LogP contribution in [0.15, 0.2) is 146 Å². The van der Waals surface area contributed by atoms with Crippen LogP contribution in [0.5, 0.6) is 0 Å². The van der Waals surface area contributed by atoms with Crippen molar-refractivity contribution in [2.24, 2.45) is 0 Å². The number of rotatable bonds is 5. The highest BCUT2D eigenvalue weighted by molar-refractivity contribution is 6.10.